The summed E-state index contributed by atoms with van der Waals surface area (Å²) in [7, 11) is 0. The van der Waals surface area contributed by atoms with Crippen molar-refractivity contribution in [1.82, 2.24) is 0 Å². The molecule has 0 radical (unpaired) electrons. The molecule has 0 spiro atoms. The van der Waals surface area contributed by atoms with Crippen LogP contribution in [0.25, 0.3) is 0 Å². The van der Waals surface area contributed by atoms with E-state index in [-0.39, 0.29) is 42.6 Å². The zero-order chi connectivity index (χ0) is 22.2. The van der Waals surface area contributed by atoms with Gasteiger partial charge in [-0.25, -0.2) is 0 Å². The quantitative estimate of drug-likeness (QED) is 0.396. The van der Waals surface area contributed by atoms with E-state index in [9.17, 15) is 9.90 Å². The van der Waals surface area contributed by atoms with Gasteiger partial charge in [0.25, 0.3) is 0 Å². The molecule has 166 valence electrons. The van der Waals surface area contributed by atoms with Gasteiger partial charge in [-0.2, -0.15) is 0 Å². The summed E-state index contributed by atoms with van der Waals surface area (Å²) >= 11 is 0. The number of anilines is 1. The minimum Gasteiger partial charge on any atom is -0.547 e. The third-order valence-electron chi connectivity index (χ3n) is 5.36. The molecular formula is C26H26NNaO5. The zero-order valence-corrected chi connectivity index (χ0v) is 20.8. The fourth-order valence-corrected chi connectivity index (χ4v) is 3.65. The summed E-state index contributed by atoms with van der Waals surface area (Å²) in [4.78, 5) is 13.7. The predicted octanol–water partition coefficient (Wildman–Crippen LogP) is -0.154. The Hall–Kier alpha value is -2.51. The maximum absolute atomic E-state index is 11.5. The number of carbonyl (C=O) groups is 1. The Balaban J connectivity index is 0.00000306. The number of hydrogen-bond acceptors (Lipinski definition) is 6. The van der Waals surface area contributed by atoms with E-state index in [1.54, 1.807) is 0 Å². The van der Waals surface area contributed by atoms with Gasteiger partial charge in [0, 0.05) is 6.42 Å². The van der Waals surface area contributed by atoms with Crippen molar-refractivity contribution in [3.63, 3.8) is 0 Å². The first kappa shape index (κ1) is 25.1. The van der Waals surface area contributed by atoms with Crippen LogP contribution in [0.1, 0.15) is 11.1 Å². The standard InChI is InChI=1S/C26H27NO5.Na/c28-26(29)25(32-19-21-6-2-1-3-7-21)18-20-10-12-22(13-11-20)30-16-14-27-15-17-31-24-9-5-4-8-23(24)27;/h1-13,25H,14-19H2,(H,28,29);/q;+1/p-1. The summed E-state index contributed by atoms with van der Waals surface area (Å²) in [6, 6.07) is 24.9. The van der Waals surface area contributed by atoms with Crippen LogP contribution in [-0.4, -0.2) is 38.4 Å². The zero-order valence-electron chi connectivity index (χ0n) is 18.8. The second-order valence-electron chi connectivity index (χ2n) is 7.60. The Morgan fingerprint density at radius 2 is 1.70 bits per heavy atom. The van der Waals surface area contributed by atoms with Gasteiger partial charge in [-0.15, -0.1) is 0 Å². The van der Waals surface area contributed by atoms with Gasteiger partial charge in [-0.1, -0.05) is 54.6 Å². The van der Waals surface area contributed by atoms with Crippen LogP contribution in [-0.2, 0) is 22.6 Å². The number of hydrogen-bond donors (Lipinski definition) is 0. The van der Waals surface area contributed by atoms with Crippen molar-refractivity contribution in [3.05, 3.63) is 90.0 Å². The Kier molecular flexibility index (Phi) is 9.63. The summed E-state index contributed by atoms with van der Waals surface area (Å²) in [5.74, 6) is 0.428. The smallest absolute Gasteiger partial charge is 0.547 e. The fourth-order valence-electron chi connectivity index (χ4n) is 3.65. The molecule has 0 aromatic heterocycles. The molecule has 33 heavy (non-hydrogen) atoms. The van der Waals surface area contributed by atoms with E-state index in [0.717, 1.165) is 41.4 Å². The van der Waals surface area contributed by atoms with E-state index in [1.165, 1.54) is 0 Å². The van der Waals surface area contributed by atoms with E-state index in [4.69, 9.17) is 14.2 Å². The molecule has 1 heterocycles. The van der Waals surface area contributed by atoms with Gasteiger partial charge in [0.05, 0.1) is 31.4 Å². The van der Waals surface area contributed by atoms with Gasteiger partial charge < -0.3 is 29.0 Å². The van der Waals surface area contributed by atoms with Crippen molar-refractivity contribution < 1.29 is 53.7 Å². The molecule has 6 nitrogen and oxygen atoms in total. The van der Waals surface area contributed by atoms with Crippen LogP contribution in [0.2, 0.25) is 0 Å². The molecular weight excluding hydrogens is 429 g/mol. The van der Waals surface area contributed by atoms with Crippen LogP contribution in [0.15, 0.2) is 78.9 Å². The number of carboxylic acid groups (broad SMARTS) is 1. The number of benzene rings is 3. The molecule has 7 heteroatoms. The molecule has 1 aliphatic heterocycles. The minimum atomic E-state index is -1.22. The number of carboxylic acids is 1. The molecule has 1 aliphatic rings. The SMILES string of the molecule is O=C([O-])C(Cc1ccc(OCCN2CCOc3ccccc32)cc1)OCc1ccccc1.[Na+]. The van der Waals surface area contributed by atoms with Crippen LogP contribution in [0, 0.1) is 0 Å². The first-order valence-corrected chi connectivity index (χ1v) is 10.7. The fraction of sp³-hybridized carbons (Fsp3) is 0.269. The Bertz CT molecular complexity index is 1010. The number of aliphatic carboxylic acids is 1. The van der Waals surface area contributed by atoms with E-state index < -0.39 is 12.1 Å². The first-order chi connectivity index (χ1) is 15.7. The van der Waals surface area contributed by atoms with Crippen LogP contribution in [0.5, 0.6) is 11.5 Å². The summed E-state index contributed by atoms with van der Waals surface area (Å²) in [5, 5.41) is 11.5. The van der Waals surface area contributed by atoms with Gasteiger partial charge >= 0.3 is 29.6 Å². The maximum Gasteiger partial charge on any atom is 1.00 e. The van der Waals surface area contributed by atoms with Gasteiger partial charge in [0.2, 0.25) is 0 Å². The van der Waals surface area contributed by atoms with Crippen molar-refractivity contribution in [2.75, 3.05) is 31.2 Å². The molecule has 0 aliphatic carbocycles. The van der Waals surface area contributed by atoms with E-state index in [2.05, 4.69) is 11.0 Å². The number of fused-ring (bicyclic) bond motifs is 1. The van der Waals surface area contributed by atoms with E-state index in [1.807, 2.05) is 72.8 Å². The molecule has 0 saturated carbocycles. The topological polar surface area (TPSA) is 71.1 Å². The van der Waals surface area contributed by atoms with E-state index >= 15 is 0 Å². The van der Waals surface area contributed by atoms with E-state index in [0.29, 0.717) is 13.2 Å². The van der Waals surface area contributed by atoms with Crippen molar-refractivity contribution in [3.8, 4) is 11.5 Å². The largest absolute Gasteiger partial charge is 1.00 e. The molecule has 4 rings (SSSR count). The summed E-state index contributed by atoms with van der Waals surface area (Å²) in [6.45, 7) is 3.01. The minimum absolute atomic E-state index is 0. The molecule has 0 N–H and O–H groups in total. The number of nitrogens with zero attached hydrogens (tertiary/aromatic N) is 1. The molecule has 3 aromatic carbocycles. The Morgan fingerprint density at radius 1 is 0.970 bits per heavy atom. The van der Waals surface area contributed by atoms with Gasteiger partial charge in [-0.05, 0) is 35.4 Å². The maximum atomic E-state index is 11.5. The molecule has 1 unspecified atom stereocenters. The van der Waals surface area contributed by atoms with Crippen LogP contribution in [0.4, 0.5) is 5.69 Å². The molecule has 0 amide bonds. The first-order valence-electron chi connectivity index (χ1n) is 10.7. The number of rotatable bonds is 10. The molecule has 0 saturated heterocycles. The predicted molar refractivity (Wildman–Crippen MR) is 120 cm³/mol. The van der Waals surface area contributed by atoms with Gasteiger partial charge in [-0.3, -0.25) is 0 Å². The third kappa shape index (κ3) is 7.24. The molecule has 0 fully saturated rings. The molecule has 3 aromatic rings. The van der Waals surface area contributed by atoms with Crippen LogP contribution in [0.3, 0.4) is 0 Å². The average molecular weight is 455 g/mol. The monoisotopic (exact) mass is 455 g/mol. The Morgan fingerprint density at radius 3 is 2.45 bits per heavy atom. The van der Waals surface area contributed by atoms with Gasteiger partial charge in [0.1, 0.15) is 30.8 Å². The number of carbonyl (C=O) groups excluding carboxylic acids is 1. The summed E-state index contributed by atoms with van der Waals surface area (Å²) in [6.07, 6.45) is -0.775. The summed E-state index contributed by atoms with van der Waals surface area (Å²) < 4.78 is 17.2. The van der Waals surface area contributed by atoms with Crippen molar-refractivity contribution in [2.45, 2.75) is 19.1 Å². The second kappa shape index (κ2) is 12.7. The third-order valence-corrected chi connectivity index (χ3v) is 5.36. The summed E-state index contributed by atoms with van der Waals surface area (Å²) in [5.41, 5.74) is 2.86. The number of para-hydroxylation sites is 2. The van der Waals surface area contributed by atoms with Crippen LogP contribution >= 0.6 is 0 Å². The van der Waals surface area contributed by atoms with Gasteiger partial charge in [0.15, 0.2) is 0 Å². The normalized spacial score (nSPS) is 13.3. The Labute approximate surface area is 216 Å². The van der Waals surface area contributed by atoms with Crippen molar-refractivity contribution >= 4 is 11.7 Å². The van der Waals surface area contributed by atoms with Crippen molar-refractivity contribution in [1.29, 1.82) is 0 Å². The molecule has 1 atom stereocenters. The van der Waals surface area contributed by atoms with Crippen LogP contribution < -0.4 is 49.0 Å². The average Bonchev–Trinajstić information content (AvgIpc) is 2.83. The number of ether oxygens (including phenoxy) is 3. The van der Waals surface area contributed by atoms with Crippen molar-refractivity contribution in [2.24, 2.45) is 0 Å². The second-order valence-corrected chi connectivity index (χ2v) is 7.60. The molecule has 0 bridgehead atoms.